The van der Waals surface area contributed by atoms with Gasteiger partial charge in [0.25, 0.3) is 0 Å². The molecule has 0 saturated carbocycles. The summed E-state index contributed by atoms with van der Waals surface area (Å²) >= 11 is 0. The van der Waals surface area contributed by atoms with E-state index in [9.17, 15) is 9.59 Å². The van der Waals surface area contributed by atoms with E-state index in [-0.39, 0.29) is 18.5 Å². The molecule has 0 radical (unpaired) electrons. The van der Waals surface area contributed by atoms with Crippen LogP contribution in [0.1, 0.15) is 28.6 Å². The van der Waals surface area contributed by atoms with Gasteiger partial charge in [-0.1, -0.05) is 36.4 Å². The first-order chi connectivity index (χ1) is 15.0. The number of nitrogens with zero attached hydrogens (tertiary/aromatic N) is 2. The van der Waals surface area contributed by atoms with Gasteiger partial charge in [-0.05, 0) is 49.6 Å². The molecular weight excluding hydrogens is 394 g/mol. The van der Waals surface area contributed by atoms with Gasteiger partial charge < -0.3 is 14.8 Å². The van der Waals surface area contributed by atoms with Gasteiger partial charge in [0.05, 0.1) is 6.04 Å². The molecule has 2 aromatic carbocycles. The molecule has 1 amide bonds. The smallest absolute Gasteiger partial charge is 0.348 e. The largest absolute Gasteiger partial charge is 0.486 e. The van der Waals surface area contributed by atoms with Crippen molar-refractivity contribution >= 4 is 5.91 Å². The molecule has 31 heavy (non-hydrogen) atoms. The zero-order chi connectivity index (χ0) is 21.8. The maximum absolute atomic E-state index is 12.9. The first kappa shape index (κ1) is 20.7. The van der Waals surface area contributed by atoms with Gasteiger partial charge in [-0.2, -0.15) is 4.98 Å². The summed E-state index contributed by atoms with van der Waals surface area (Å²) in [5.41, 5.74) is 2.91. The van der Waals surface area contributed by atoms with Gasteiger partial charge in [-0.25, -0.2) is 4.79 Å². The quantitative estimate of drug-likeness (QED) is 0.664. The van der Waals surface area contributed by atoms with Gasteiger partial charge in [0, 0.05) is 11.4 Å². The van der Waals surface area contributed by atoms with Crippen LogP contribution >= 0.6 is 0 Å². The third kappa shape index (κ3) is 4.94. The van der Waals surface area contributed by atoms with E-state index >= 15 is 0 Å². The zero-order valence-corrected chi connectivity index (χ0v) is 17.6. The average Bonchev–Trinajstić information content (AvgIpc) is 2.76. The SMILES string of the molecule is Cc1cc(C)n(CC(=O)N[C@H](Cc2ccccc2)c2ccc3c(c2)OCCO3)c(=O)n1. The number of hydrogen-bond acceptors (Lipinski definition) is 5. The molecule has 4 rings (SSSR count). The number of rotatable bonds is 6. The van der Waals surface area contributed by atoms with E-state index in [4.69, 9.17) is 9.47 Å². The van der Waals surface area contributed by atoms with Gasteiger partial charge >= 0.3 is 5.69 Å². The molecule has 1 aromatic heterocycles. The highest BCUT2D eigenvalue weighted by molar-refractivity contribution is 5.76. The predicted octanol–water partition coefficient (Wildman–Crippen LogP) is 2.73. The van der Waals surface area contributed by atoms with E-state index in [1.807, 2.05) is 48.5 Å². The number of aryl methyl sites for hydroxylation is 2. The highest BCUT2D eigenvalue weighted by Crippen LogP contribution is 2.33. The molecule has 1 atom stereocenters. The van der Waals surface area contributed by atoms with Crippen molar-refractivity contribution in [3.63, 3.8) is 0 Å². The number of hydrogen-bond donors (Lipinski definition) is 1. The van der Waals surface area contributed by atoms with Crippen molar-refractivity contribution in [1.29, 1.82) is 0 Å². The second-order valence-electron chi connectivity index (χ2n) is 7.62. The summed E-state index contributed by atoms with van der Waals surface area (Å²) in [6.45, 7) is 4.49. The summed E-state index contributed by atoms with van der Waals surface area (Å²) in [6.07, 6.45) is 0.603. The minimum absolute atomic E-state index is 0.0895. The highest BCUT2D eigenvalue weighted by atomic mass is 16.6. The van der Waals surface area contributed by atoms with E-state index in [2.05, 4.69) is 10.3 Å². The Hall–Kier alpha value is -3.61. The topological polar surface area (TPSA) is 82.5 Å². The first-order valence-electron chi connectivity index (χ1n) is 10.3. The number of amides is 1. The van der Waals surface area contributed by atoms with Crippen LogP contribution in [0.4, 0.5) is 0 Å². The van der Waals surface area contributed by atoms with Crippen LogP contribution in [-0.2, 0) is 17.8 Å². The Bertz CT molecular complexity index is 1140. The summed E-state index contributed by atoms with van der Waals surface area (Å²) in [5, 5.41) is 3.08. The van der Waals surface area contributed by atoms with E-state index in [1.54, 1.807) is 19.9 Å². The second-order valence-corrected chi connectivity index (χ2v) is 7.62. The van der Waals surface area contributed by atoms with Gasteiger partial charge in [-0.15, -0.1) is 0 Å². The number of aromatic nitrogens is 2. The van der Waals surface area contributed by atoms with Crippen LogP contribution in [0.5, 0.6) is 11.5 Å². The lowest BCUT2D eigenvalue weighted by Crippen LogP contribution is -2.37. The van der Waals surface area contributed by atoms with Crippen LogP contribution < -0.4 is 20.5 Å². The molecule has 0 unspecified atom stereocenters. The number of carbonyl (C=O) groups excluding carboxylic acids is 1. The summed E-state index contributed by atoms with van der Waals surface area (Å²) in [5.74, 6) is 1.12. The highest BCUT2D eigenvalue weighted by Gasteiger charge is 2.20. The Morgan fingerprint density at radius 1 is 1.06 bits per heavy atom. The van der Waals surface area contributed by atoms with Crippen LogP contribution in [0.2, 0.25) is 0 Å². The Labute approximate surface area is 180 Å². The van der Waals surface area contributed by atoms with E-state index in [1.165, 1.54) is 4.57 Å². The molecule has 1 aliphatic rings. The lowest BCUT2D eigenvalue weighted by atomic mass is 9.98. The minimum Gasteiger partial charge on any atom is -0.486 e. The Balaban J connectivity index is 1.59. The summed E-state index contributed by atoms with van der Waals surface area (Å²) in [4.78, 5) is 29.1. The van der Waals surface area contributed by atoms with Crippen LogP contribution in [0.15, 0.2) is 59.4 Å². The number of nitrogens with one attached hydrogen (secondary N) is 1. The molecule has 0 spiro atoms. The number of ether oxygens (including phenoxy) is 2. The summed E-state index contributed by atoms with van der Waals surface area (Å²) in [6, 6.07) is 17.2. The second kappa shape index (κ2) is 9.04. The maximum Gasteiger partial charge on any atom is 0.348 e. The Morgan fingerprint density at radius 2 is 1.81 bits per heavy atom. The van der Waals surface area contributed by atoms with Crippen molar-refractivity contribution in [2.24, 2.45) is 0 Å². The lowest BCUT2D eigenvalue weighted by molar-refractivity contribution is -0.122. The van der Waals surface area contributed by atoms with Crippen molar-refractivity contribution < 1.29 is 14.3 Å². The van der Waals surface area contributed by atoms with Gasteiger partial charge in [0.2, 0.25) is 5.91 Å². The fraction of sp³-hybridized carbons (Fsp3) is 0.292. The molecule has 0 bridgehead atoms. The summed E-state index contributed by atoms with van der Waals surface area (Å²) in [7, 11) is 0. The Kier molecular flexibility index (Phi) is 6.02. The van der Waals surface area contributed by atoms with Crippen LogP contribution in [0, 0.1) is 13.8 Å². The molecule has 7 heteroatoms. The average molecular weight is 419 g/mol. The summed E-state index contributed by atoms with van der Waals surface area (Å²) < 4.78 is 12.7. The molecule has 160 valence electrons. The lowest BCUT2D eigenvalue weighted by Gasteiger charge is -2.23. The number of carbonyl (C=O) groups is 1. The van der Waals surface area contributed by atoms with Gasteiger partial charge in [0.1, 0.15) is 19.8 Å². The van der Waals surface area contributed by atoms with E-state index in [0.717, 1.165) is 11.1 Å². The monoisotopic (exact) mass is 419 g/mol. The maximum atomic E-state index is 12.9. The first-order valence-corrected chi connectivity index (χ1v) is 10.3. The van der Waals surface area contributed by atoms with Gasteiger partial charge in [-0.3, -0.25) is 9.36 Å². The third-order valence-corrected chi connectivity index (χ3v) is 5.23. The normalized spacial score (nSPS) is 13.5. The number of fused-ring (bicyclic) bond motifs is 1. The van der Waals surface area contributed by atoms with E-state index in [0.29, 0.717) is 42.5 Å². The van der Waals surface area contributed by atoms with Crippen molar-refractivity contribution in [2.75, 3.05) is 13.2 Å². The van der Waals surface area contributed by atoms with Crippen LogP contribution in [0.25, 0.3) is 0 Å². The third-order valence-electron chi connectivity index (χ3n) is 5.23. The molecule has 2 heterocycles. The molecule has 3 aromatic rings. The predicted molar refractivity (Wildman–Crippen MR) is 116 cm³/mol. The van der Waals surface area contributed by atoms with Gasteiger partial charge in [0.15, 0.2) is 11.5 Å². The molecule has 0 saturated heterocycles. The fourth-order valence-corrected chi connectivity index (χ4v) is 3.73. The molecule has 0 fully saturated rings. The molecular formula is C24H25N3O4. The van der Waals surface area contributed by atoms with Crippen LogP contribution in [-0.4, -0.2) is 28.7 Å². The fourth-order valence-electron chi connectivity index (χ4n) is 3.73. The van der Waals surface area contributed by atoms with Crippen molar-refractivity contribution in [1.82, 2.24) is 14.9 Å². The molecule has 7 nitrogen and oxygen atoms in total. The molecule has 0 aliphatic carbocycles. The number of benzene rings is 2. The van der Waals surface area contributed by atoms with Crippen molar-refractivity contribution in [3.8, 4) is 11.5 Å². The van der Waals surface area contributed by atoms with Crippen LogP contribution in [0.3, 0.4) is 0 Å². The van der Waals surface area contributed by atoms with Crippen molar-refractivity contribution in [3.05, 3.63) is 87.6 Å². The molecule has 1 aliphatic heterocycles. The van der Waals surface area contributed by atoms with E-state index < -0.39 is 5.69 Å². The Morgan fingerprint density at radius 3 is 2.55 bits per heavy atom. The molecule has 1 N–H and O–H groups in total. The standard InChI is InChI=1S/C24H25N3O4/c1-16-12-17(2)27(24(29)25-16)15-23(28)26-20(13-18-6-4-3-5-7-18)19-8-9-21-22(14-19)31-11-10-30-21/h3-9,12,14,20H,10-11,13,15H2,1-2H3,(H,26,28)/t20-/m1/s1. The van der Waals surface area contributed by atoms with Crippen molar-refractivity contribution in [2.45, 2.75) is 32.9 Å². The zero-order valence-electron chi connectivity index (χ0n) is 17.6. The minimum atomic E-state index is -0.424.